The second kappa shape index (κ2) is 6.76. The molecule has 8 heteroatoms. The van der Waals surface area contributed by atoms with Crippen molar-refractivity contribution in [3.05, 3.63) is 23.9 Å². The molecule has 1 atom stereocenters. The standard InChI is InChI=1S/C14H18N6O2/c1-10(18-14(16)22)13(21)20-6-4-19(5-7-20)12-8-11(9-15)2-3-17-12/h2-3,8,10H,4-7H2,1H3,(H3,16,18,22). The Morgan fingerprint density at radius 3 is 2.68 bits per heavy atom. The number of nitriles is 1. The van der Waals surface area contributed by atoms with E-state index in [4.69, 9.17) is 11.0 Å². The predicted octanol–water partition coefficient (Wildman–Crippen LogP) is -0.341. The fraction of sp³-hybridized carbons (Fsp3) is 0.429. The van der Waals surface area contributed by atoms with Gasteiger partial charge in [-0.05, 0) is 19.1 Å². The number of nitrogens with two attached hydrogens (primary N) is 1. The highest BCUT2D eigenvalue weighted by atomic mass is 16.2. The molecule has 1 aliphatic rings. The van der Waals surface area contributed by atoms with Gasteiger partial charge in [-0.15, -0.1) is 0 Å². The number of primary amides is 1. The van der Waals surface area contributed by atoms with Crippen molar-refractivity contribution in [3.8, 4) is 6.07 Å². The van der Waals surface area contributed by atoms with Crippen LogP contribution in [0.1, 0.15) is 12.5 Å². The van der Waals surface area contributed by atoms with Crippen molar-refractivity contribution < 1.29 is 9.59 Å². The summed E-state index contributed by atoms with van der Waals surface area (Å²) in [6.45, 7) is 3.91. The van der Waals surface area contributed by atoms with Crippen LogP contribution in [0.15, 0.2) is 18.3 Å². The third kappa shape index (κ3) is 3.63. The monoisotopic (exact) mass is 302 g/mol. The molecule has 1 aromatic rings. The lowest BCUT2D eigenvalue weighted by Crippen LogP contribution is -2.54. The number of nitrogens with one attached hydrogen (secondary N) is 1. The van der Waals surface area contributed by atoms with Crippen LogP contribution < -0.4 is 16.0 Å². The average Bonchev–Trinajstić information content (AvgIpc) is 2.53. The topological polar surface area (TPSA) is 115 Å². The quantitative estimate of drug-likeness (QED) is 0.792. The van der Waals surface area contributed by atoms with Crippen molar-refractivity contribution in [3.63, 3.8) is 0 Å². The number of carbonyl (C=O) groups is 2. The van der Waals surface area contributed by atoms with E-state index in [-0.39, 0.29) is 5.91 Å². The predicted molar refractivity (Wildman–Crippen MR) is 79.9 cm³/mol. The molecule has 3 N–H and O–H groups in total. The molecule has 0 spiro atoms. The highest BCUT2D eigenvalue weighted by molar-refractivity contribution is 5.86. The van der Waals surface area contributed by atoms with Crippen molar-refractivity contribution in [2.45, 2.75) is 13.0 Å². The van der Waals surface area contributed by atoms with Gasteiger partial charge in [0.05, 0.1) is 11.6 Å². The molecule has 1 fully saturated rings. The Labute approximate surface area is 128 Å². The Balaban J connectivity index is 1.94. The lowest BCUT2D eigenvalue weighted by atomic mass is 10.2. The van der Waals surface area contributed by atoms with Crippen LogP contribution in [-0.2, 0) is 4.79 Å². The molecule has 1 aliphatic heterocycles. The van der Waals surface area contributed by atoms with Crippen LogP contribution >= 0.6 is 0 Å². The van der Waals surface area contributed by atoms with E-state index in [0.29, 0.717) is 31.7 Å². The Morgan fingerprint density at radius 2 is 2.09 bits per heavy atom. The highest BCUT2D eigenvalue weighted by Crippen LogP contribution is 2.15. The van der Waals surface area contributed by atoms with Crippen LogP contribution in [0.2, 0.25) is 0 Å². The minimum atomic E-state index is -0.711. The van der Waals surface area contributed by atoms with Crippen LogP contribution in [0.5, 0.6) is 0 Å². The van der Waals surface area contributed by atoms with E-state index in [1.165, 1.54) is 0 Å². The van der Waals surface area contributed by atoms with E-state index in [9.17, 15) is 9.59 Å². The highest BCUT2D eigenvalue weighted by Gasteiger charge is 2.25. The second-order valence-electron chi connectivity index (χ2n) is 5.06. The Hall–Kier alpha value is -2.82. The number of hydrogen-bond donors (Lipinski definition) is 2. The number of rotatable bonds is 3. The number of pyridine rings is 1. The maximum absolute atomic E-state index is 12.2. The van der Waals surface area contributed by atoms with Gasteiger partial charge in [-0.1, -0.05) is 0 Å². The summed E-state index contributed by atoms with van der Waals surface area (Å²) in [7, 11) is 0. The van der Waals surface area contributed by atoms with Gasteiger partial charge in [0.25, 0.3) is 0 Å². The number of carbonyl (C=O) groups excluding carboxylic acids is 2. The Kier molecular flexibility index (Phi) is 4.78. The zero-order valence-electron chi connectivity index (χ0n) is 12.3. The molecule has 2 rings (SSSR count). The summed E-state index contributed by atoms with van der Waals surface area (Å²) < 4.78 is 0. The molecule has 1 aromatic heterocycles. The maximum Gasteiger partial charge on any atom is 0.312 e. The summed E-state index contributed by atoms with van der Waals surface area (Å²) in [5, 5.41) is 11.3. The van der Waals surface area contributed by atoms with E-state index < -0.39 is 12.1 Å². The fourth-order valence-electron chi connectivity index (χ4n) is 2.37. The number of nitrogens with zero attached hydrogens (tertiary/aromatic N) is 4. The van der Waals surface area contributed by atoms with Crippen molar-refractivity contribution in [2.75, 3.05) is 31.1 Å². The number of anilines is 1. The first kappa shape index (κ1) is 15.6. The summed E-state index contributed by atoms with van der Waals surface area (Å²) in [5.74, 6) is 0.576. The largest absolute Gasteiger partial charge is 0.353 e. The fourth-order valence-corrected chi connectivity index (χ4v) is 2.37. The summed E-state index contributed by atoms with van der Waals surface area (Å²) in [4.78, 5) is 30.9. The SMILES string of the molecule is CC(NC(N)=O)C(=O)N1CCN(c2cc(C#N)ccn2)CC1. The van der Waals surface area contributed by atoms with Gasteiger partial charge in [0, 0.05) is 32.4 Å². The molecule has 2 heterocycles. The molecule has 1 unspecified atom stereocenters. The lowest BCUT2D eigenvalue weighted by Gasteiger charge is -2.36. The summed E-state index contributed by atoms with van der Waals surface area (Å²) >= 11 is 0. The molecular weight excluding hydrogens is 284 g/mol. The number of piperazine rings is 1. The van der Waals surface area contributed by atoms with Gasteiger partial charge in [0.2, 0.25) is 5.91 Å². The molecule has 0 saturated carbocycles. The molecule has 0 radical (unpaired) electrons. The van der Waals surface area contributed by atoms with Gasteiger partial charge < -0.3 is 20.9 Å². The average molecular weight is 302 g/mol. The Morgan fingerprint density at radius 1 is 1.41 bits per heavy atom. The molecule has 0 aliphatic carbocycles. The third-order valence-electron chi connectivity index (χ3n) is 3.52. The zero-order valence-corrected chi connectivity index (χ0v) is 12.3. The van der Waals surface area contributed by atoms with Gasteiger partial charge >= 0.3 is 6.03 Å². The number of hydrogen-bond acceptors (Lipinski definition) is 5. The van der Waals surface area contributed by atoms with Crippen LogP contribution in [0, 0.1) is 11.3 Å². The first-order valence-electron chi connectivity index (χ1n) is 6.97. The molecule has 22 heavy (non-hydrogen) atoms. The summed E-state index contributed by atoms with van der Waals surface area (Å²) in [6.07, 6.45) is 1.60. The van der Waals surface area contributed by atoms with E-state index in [1.807, 2.05) is 4.90 Å². The van der Waals surface area contributed by atoms with E-state index in [1.54, 1.807) is 30.2 Å². The van der Waals surface area contributed by atoms with Crippen LogP contribution in [0.4, 0.5) is 10.6 Å². The molecule has 3 amide bonds. The van der Waals surface area contributed by atoms with Gasteiger partial charge in [0.1, 0.15) is 11.9 Å². The first-order valence-corrected chi connectivity index (χ1v) is 6.97. The normalized spacial score (nSPS) is 15.8. The van der Waals surface area contributed by atoms with Crippen LogP contribution in [0.25, 0.3) is 0 Å². The number of amides is 3. The Bertz CT molecular complexity index is 604. The van der Waals surface area contributed by atoms with Crippen molar-refractivity contribution in [2.24, 2.45) is 5.73 Å². The molecule has 8 nitrogen and oxygen atoms in total. The van der Waals surface area contributed by atoms with E-state index in [2.05, 4.69) is 16.4 Å². The van der Waals surface area contributed by atoms with Gasteiger partial charge in [0.15, 0.2) is 0 Å². The van der Waals surface area contributed by atoms with Crippen LogP contribution in [-0.4, -0.2) is 54.0 Å². The summed E-state index contributed by atoms with van der Waals surface area (Å²) in [5.41, 5.74) is 5.58. The van der Waals surface area contributed by atoms with Gasteiger partial charge in [-0.25, -0.2) is 9.78 Å². The maximum atomic E-state index is 12.2. The molecular formula is C14H18N6O2. The van der Waals surface area contributed by atoms with Gasteiger partial charge in [-0.2, -0.15) is 5.26 Å². The van der Waals surface area contributed by atoms with Crippen molar-refractivity contribution in [1.82, 2.24) is 15.2 Å². The number of aromatic nitrogens is 1. The zero-order chi connectivity index (χ0) is 16.1. The smallest absolute Gasteiger partial charge is 0.312 e. The van der Waals surface area contributed by atoms with E-state index in [0.717, 1.165) is 5.82 Å². The first-order chi connectivity index (χ1) is 10.5. The molecule has 1 saturated heterocycles. The van der Waals surface area contributed by atoms with E-state index >= 15 is 0 Å². The van der Waals surface area contributed by atoms with Gasteiger partial charge in [-0.3, -0.25) is 4.79 Å². The second-order valence-corrected chi connectivity index (χ2v) is 5.06. The molecule has 0 aromatic carbocycles. The minimum absolute atomic E-state index is 0.155. The van der Waals surface area contributed by atoms with Crippen molar-refractivity contribution in [1.29, 1.82) is 5.26 Å². The number of urea groups is 1. The molecule has 0 bridgehead atoms. The summed E-state index contributed by atoms with van der Waals surface area (Å²) in [6, 6.07) is 4.12. The lowest BCUT2D eigenvalue weighted by molar-refractivity contribution is -0.133. The minimum Gasteiger partial charge on any atom is -0.353 e. The van der Waals surface area contributed by atoms with Crippen molar-refractivity contribution >= 4 is 17.8 Å². The van der Waals surface area contributed by atoms with Crippen LogP contribution in [0.3, 0.4) is 0 Å². The molecule has 116 valence electrons. The third-order valence-corrected chi connectivity index (χ3v) is 3.52.